The highest BCUT2D eigenvalue weighted by atomic mass is 35.5. The first kappa shape index (κ1) is 18.0. The second-order valence-corrected chi connectivity index (χ2v) is 8.09. The number of carbonyl (C=O) groups excluding carboxylic acids is 3. The van der Waals surface area contributed by atoms with Gasteiger partial charge in [0, 0.05) is 33.2 Å². The lowest BCUT2D eigenvalue weighted by Crippen LogP contribution is -2.31. The van der Waals surface area contributed by atoms with Crippen LogP contribution >= 0.6 is 11.6 Å². The standard InChI is InChI=1S/C26H13ClO4/c27-14-11-9-13(10-12-14)19-20-23(29)17-7-3-4-8-18(17)25(20)31-26-21(19)22(28)15-5-1-2-6-16(15)24(26)30/h1-12,19H. The van der Waals surface area contributed by atoms with Crippen LogP contribution in [-0.2, 0) is 4.74 Å². The highest BCUT2D eigenvalue weighted by Gasteiger charge is 2.48. The number of hydrogen-bond acceptors (Lipinski definition) is 4. The molecule has 4 nitrogen and oxygen atoms in total. The molecule has 31 heavy (non-hydrogen) atoms. The molecule has 3 aliphatic rings. The molecule has 0 radical (unpaired) electrons. The summed E-state index contributed by atoms with van der Waals surface area (Å²) in [6.45, 7) is 0. The molecule has 0 N–H and O–H groups in total. The molecule has 0 fully saturated rings. The number of ether oxygens (including phenoxy) is 1. The molecule has 0 saturated carbocycles. The van der Waals surface area contributed by atoms with Crippen molar-refractivity contribution in [2.24, 2.45) is 0 Å². The molecule has 0 amide bonds. The predicted molar refractivity (Wildman–Crippen MR) is 115 cm³/mol. The minimum atomic E-state index is -0.722. The lowest BCUT2D eigenvalue weighted by molar-refractivity contribution is 0.0913. The number of allylic oxidation sites excluding steroid dienone is 3. The molecule has 2 aliphatic carbocycles. The zero-order valence-electron chi connectivity index (χ0n) is 16.0. The lowest BCUT2D eigenvalue weighted by Gasteiger charge is -2.31. The number of carbonyl (C=O) groups is 3. The molecule has 1 unspecified atom stereocenters. The molecular weight excluding hydrogens is 412 g/mol. The quantitative estimate of drug-likeness (QED) is 0.525. The fourth-order valence-electron chi connectivity index (χ4n) is 4.61. The summed E-state index contributed by atoms with van der Waals surface area (Å²) in [5.41, 5.74) is 3.04. The normalized spacial score (nSPS) is 19.0. The number of rotatable bonds is 1. The Labute approximate surface area is 182 Å². The van der Waals surface area contributed by atoms with E-state index in [2.05, 4.69) is 0 Å². The van der Waals surface area contributed by atoms with E-state index in [9.17, 15) is 14.4 Å². The van der Waals surface area contributed by atoms with Crippen molar-refractivity contribution < 1.29 is 19.1 Å². The number of benzene rings is 3. The molecular formula is C26H13ClO4. The fraction of sp³-hybridized carbons (Fsp3) is 0.0385. The number of hydrogen-bond donors (Lipinski definition) is 0. The summed E-state index contributed by atoms with van der Waals surface area (Å²) in [5, 5.41) is 0.539. The number of ketones is 3. The van der Waals surface area contributed by atoms with Gasteiger partial charge in [0.05, 0.1) is 11.1 Å². The van der Waals surface area contributed by atoms with E-state index < -0.39 is 5.92 Å². The molecule has 0 aromatic heterocycles. The van der Waals surface area contributed by atoms with Gasteiger partial charge in [-0.15, -0.1) is 0 Å². The van der Waals surface area contributed by atoms with Crippen LogP contribution in [0, 0.1) is 0 Å². The first-order valence-corrected chi connectivity index (χ1v) is 10.2. The van der Waals surface area contributed by atoms with E-state index in [4.69, 9.17) is 16.3 Å². The van der Waals surface area contributed by atoms with Gasteiger partial charge in [0.2, 0.25) is 5.78 Å². The van der Waals surface area contributed by atoms with Gasteiger partial charge in [0.15, 0.2) is 17.3 Å². The van der Waals surface area contributed by atoms with Gasteiger partial charge in [0.1, 0.15) is 5.76 Å². The van der Waals surface area contributed by atoms with Crippen molar-refractivity contribution in [2.75, 3.05) is 0 Å². The van der Waals surface area contributed by atoms with Gasteiger partial charge in [-0.3, -0.25) is 14.4 Å². The highest BCUT2D eigenvalue weighted by Crippen LogP contribution is 2.51. The first-order chi connectivity index (χ1) is 15.1. The van der Waals surface area contributed by atoms with E-state index in [1.807, 2.05) is 6.07 Å². The minimum absolute atomic E-state index is 0.00750. The van der Waals surface area contributed by atoms with Gasteiger partial charge < -0.3 is 4.74 Å². The van der Waals surface area contributed by atoms with E-state index >= 15 is 0 Å². The largest absolute Gasteiger partial charge is 0.452 e. The Morgan fingerprint density at radius 3 is 1.68 bits per heavy atom. The molecule has 1 aliphatic heterocycles. The summed E-state index contributed by atoms with van der Waals surface area (Å²) in [7, 11) is 0. The van der Waals surface area contributed by atoms with E-state index in [1.54, 1.807) is 66.7 Å². The van der Waals surface area contributed by atoms with Crippen LogP contribution in [0.15, 0.2) is 89.7 Å². The summed E-state index contributed by atoms with van der Waals surface area (Å²) < 4.78 is 6.07. The Morgan fingerprint density at radius 2 is 1.06 bits per heavy atom. The third-order valence-electron chi connectivity index (χ3n) is 6.00. The van der Waals surface area contributed by atoms with Gasteiger partial charge in [0.25, 0.3) is 0 Å². The summed E-state index contributed by atoms with van der Waals surface area (Å²) in [5.74, 6) is -1.24. The number of halogens is 1. The average Bonchev–Trinajstić information content (AvgIpc) is 3.09. The molecule has 0 saturated heterocycles. The third kappa shape index (κ3) is 2.39. The molecule has 3 aromatic carbocycles. The summed E-state index contributed by atoms with van der Waals surface area (Å²) in [6.07, 6.45) is 0. The highest BCUT2D eigenvalue weighted by molar-refractivity contribution is 6.31. The van der Waals surface area contributed by atoms with Crippen LogP contribution in [0.4, 0.5) is 0 Å². The summed E-state index contributed by atoms with van der Waals surface area (Å²) in [6, 6.07) is 20.8. The van der Waals surface area contributed by atoms with Crippen LogP contribution in [-0.4, -0.2) is 17.3 Å². The maximum Gasteiger partial charge on any atom is 0.229 e. The Bertz CT molecular complexity index is 1410. The fourth-order valence-corrected chi connectivity index (χ4v) is 4.74. The van der Waals surface area contributed by atoms with Crippen LogP contribution in [0.3, 0.4) is 0 Å². The zero-order valence-corrected chi connectivity index (χ0v) is 16.8. The maximum atomic E-state index is 13.6. The lowest BCUT2D eigenvalue weighted by atomic mass is 9.74. The SMILES string of the molecule is O=C1C2=C(C(=O)c3ccccc31)C(c1ccc(Cl)cc1)C1=C(O2)c2ccccc2C1=O. The smallest absolute Gasteiger partial charge is 0.229 e. The van der Waals surface area contributed by atoms with E-state index in [0.29, 0.717) is 44.2 Å². The van der Waals surface area contributed by atoms with Crippen molar-refractivity contribution >= 4 is 34.7 Å². The predicted octanol–water partition coefficient (Wildman–Crippen LogP) is 5.39. The van der Waals surface area contributed by atoms with Crippen LogP contribution in [0.5, 0.6) is 0 Å². The van der Waals surface area contributed by atoms with Gasteiger partial charge in [-0.25, -0.2) is 0 Å². The average molecular weight is 425 g/mol. The van der Waals surface area contributed by atoms with Crippen LogP contribution in [0.2, 0.25) is 5.02 Å². The monoisotopic (exact) mass is 424 g/mol. The first-order valence-electron chi connectivity index (χ1n) is 9.80. The van der Waals surface area contributed by atoms with Crippen LogP contribution in [0.25, 0.3) is 5.76 Å². The number of fused-ring (bicyclic) bond motifs is 3. The Kier molecular flexibility index (Phi) is 3.71. The van der Waals surface area contributed by atoms with Gasteiger partial charge in [-0.2, -0.15) is 0 Å². The second kappa shape index (κ2) is 6.37. The van der Waals surface area contributed by atoms with Crippen molar-refractivity contribution in [2.45, 2.75) is 5.92 Å². The van der Waals surface area contributed by atoms with Crippen molar-refractivity contribution in [3.05, 3.63) is 123 Å². The zero-order chi connectivity index (χ0) is 21.3. The van der Waals surface area contributed by atoms with Crippen molar-refractivity contribution in [3.8, 4) is 0 Å². The summed E-state index contributed by atoms with van der Waals surface area (Å²) in [4.78, 5) is 40.3. The van der Waals surface area contributed by atoms with Crippen LogP contribution < -0.4 is 0 Å². The minimum Gasteiger partial charge on any atom is -0.452 e. The van der Waals surface area contributed by atoms with Crippen molar-refractivity contribution in [3.63, 3.8) is 0 Å². The van der Waals surface area contributed by atoms with Gasteiger partial charge >= 0.3 is 0 Å². The maximum absolute atomic E-state index is 13.6. The second-order valence-electron chi connectivity index (χ2n) is 7.65. The molecule has 3 aromatic rings. The van der Waals surface area contributed by atoms with E-state index in [-0.39, 0.29) is 28.7 Å². The Morgan fingerprint density at radius 1 is 0.581 bits per heavy atom. The van der Waals surface area contributed by atoms with Gasteiger partial charge in [-0.1, -0.05) is 72.3 Å². The van der Waals surface area contributed by atoms with E-state index in [1.165, 1.54) is 0 Å². The number of Topliss-reactive ketones (excluding diaryl/α,β-unsaturated/α-hetero) is 3. The van der Waals surface area contributed by atoms with Crippen molar-refractivity contribution in [1.29, 1.82) is 0 Å². The molecule has 0 bridgehead atoms. The summed E-state index contributed by atoms with van der Waals surface area (Å²) >= 11 is 6.08. The van der Waals surface area contributed by atoms with E-state index in [0.717, 1.165) is 0 Å². The van der Waals surface area contributed by atoms with Crippen molar-refractivity contribution in [1.82, 2.24) is 0 Å². The van der Waals surface area contributed by atoms with Gasteiger partial charge in [-0.05, 0) is 17.7 Å². The molecule has 6 rings (SSSR count). The topological polar surface area (TPSA) is 60.4 Å². The third-order valence-corrected chi connectivity index (χ3v) is 6.25. The molecule has 5 heteroatoms. The van der Waals surface area contributed by atoms with Crippen LogP contribution in [0.1, 0.15) is 48.1 Å². The molecule has 1 atom stereocenters. The Hall–Kier alpha value is -3.76. The molecule has 1 heterocycles. The molecule has 0 spiro atoms. The Balaban J connectivity index is 1.64. The molecule has 148 valence electrons.